The van der Waals surface area contributed by atoms with Gasteiger partial charge in [-0.25, -0.2) is 4.79 Å². The zero-order valence-electron chi connectivity index (χ0n) is 15.9. The second kappa shape index (κ2) is 18.7. The van der Waals surface area contributed by atoms with E-state index in [2.05, 4.69) is 35.1 Å². The van der Waals surface area contributed by atoms with Crippen molar-refractivity contribution in [2.24, 2.45) is 0 Å². The zero-order chi connectivity index (χ0) is 18.6. The van der Waals surface area contributed by atoms with Gasteiger partial charge in [-0.1, -0.05) is 63.7 Å². The Hall–Kier alpha value is -1.62. The highest BCUT2D eigenvalue weighted by Gasteiger charge is 2.02. The summed E-state index contributed by atoms with van der Waals surface area (Å²) in [6.07, 6.45) is 22.2. The summed E-state index contributed by atoms with van der Waals surface area (Å²) in [4.78, 5) is 26.3. The van der Waals surface area contributed by atoms with Crippen molar-refractivity contribution in [1.29, 1.82) is 0 Å². The minimum atomic E-state index is -0.687. The lowest BCUT2D eigenvalue weighted by molar-refractivity contribution is -0.654. The van der Waals surface area contributed by atoms with Crippen molar-refractivity contribution in [2.45, 2.75) is 84.0 Å². The van der Waals surface area contributed by atoms with E-state index < -0.39 is 6.09 Å². The Labute approximate surface area is 153 Å². The third-order valence-corrected chi connectivity index (χ3v) is 3.97. The number of ketones is 1. The predicted molar refractivity (Wildman–Crippen MR) is 102 cm³/mol. The highest BCUT2D eigenvalue weighted by Crippen LogP contribution is 2.09. The highest BCUT2D eigenvalue weighted by atomic mass is 16.7. The molecule has 0 aliphatic carbocycles. The highest BCUT2D eigenvalue weighted by molar-refractivity contribution is 5.93. The van der Waals surface area contributed by atoms with Gasteiger partial charge in [0.05, 0.1) is 6.54 Å². The molecule has 0 heterocycles. The van der Waals surface area contributed by atoms with E-state index in [-0.39, 0.29) is 12.3 Å². The molecular formula is C20H37N2O3+. The molecule has 5 nitrogen and oxygen atoms in total. The van der Waals surface area contributed by atoms with Gasteiger partial charge in [-0.3, -0.25) is 9.63 Å². The molecule has 4 N–H and O–H groups in total. The number of allylic oxidation sites excluding steroid dienone is 3. The van der Waals surface area contributed by atoms with Crippen LogP contribution in [0.5, 0.6) is 0 Å². The molecule has 0 aromatic rings. The molecule has 0 aliphatic heterocycles. The smallest absolute Gasteiger partial charge is 0.309 e. The summed E-state index contributed by atoms with van der Waals surface area (Å²) in [5.41, 5.74) is 0. The fourth-order valence-electron chi connectivity index (χ4n) is 2.46. The summed E-state index contributed by atoms with van der Waals surface area (Å²) in [6.45, 7) is 2.20. The predicted octanol–water partition coefficient (Wildman–Crippen LogP) is 4.25. The second-order valence-corrected chi connectivity index (χ2v) is 6.32. The van der Waals surface area contributed by atoms with E-state index in [9.17, 15) is 9.59 Å². The molecule has 5 heteroatoms. The average Bonchev–Trinajstić information content (AvgIpc) is 2.62. The lowest BCUT2D eigenvalue weighted by atomic mass is 10.1. The van der Waals surface area contributed by atoms with Gasteiger partial charge in [-0.2, -0.15) is 5.90 Å². The van der Waals surface area contributed by atoms with Gasteiger partial charge < -0.3 is 5.32 Å². The number of carbonyl (C=O) groups excluding carboxylic acids is 2. The first-order chi connectivity index (χ1) is 12.2. The molecule has 0 aliphatic rings. The van der Waals surface area contributed by atoms with E-state index in [0.29, 0.717) is 0 Å². The minimum absolute atomic E-state index is 0.0447. The van der Waals surface area contributed by atoms with Gasteiger partial charge in [-0.15, -0.1) is 0 Å². The Kier molecular flexibility index (Phi) is 17.5. The molecule has 25 heavy (non-hydrogen) atoms. The quantitative estimate of drug-likeness (QED) is 0.188. The van der Waals surface area contributed by atoms with Crippen LogP contribution >= 0.6 is 0 Å². The number of nitrogens with one attached hydrogen (secondary N) is 1. The molecule has 0 saturated carbocycles. The maximum absolute atomic E-state index is 11.4. The van der Waals surface area contributed by atoms with Crippen LogP contribution in [0.1, 0.15) is 84.0 Å². The maximum Gasteiger partial charge on any atom is 0.461 e. The summed E-state index contributed by atoms with van der Waals surface area (Å²) in [5.74, 6) is 2.83. The number of hydrogen-bond acceptors (Lipinski definition) is 3. The molecule has 0 atom stereocenters. The molecule has 144 valence electrons. The number of amides is 1. The van der Waals surface area contributed by atoms with Gasteiger partial charge in [0.2, 0.25) is 0 Å². The molecule has 0 radical (unpaired) electrons. The Morgan fingerprint density at radius 3 is 1.92 bits per heavy atom. The van der Waals surface area contributed by atoms with E-state index in [1.165, 1.54) is 70.3 Å². The molecular weight excluding hydrogens is 316 g/mol. The van der Waals surface area contributed by atoms with E-state index >= 15 is 0 Å². The summed E-state index contributed by atoms with van der Waals surface area (Å²) < 4.78 is 0. The monoisotopic (exact) mass is 353 g/mol. The molecule has 0 saturated heterocycles. The zero-order valence-corrected chi connectivity index (χ0v) is 15.9. The van der Waals surface area contributed by atoms with Gasteiger partial charge in [0.25, 0.3) is 0 Å². The van der Waals surface area contributed by atoms with Crippen LogP contribution in [0, 0.1) is 0 Å². The van der Waals surface area contributed by atoms with Gasteiger partial charge in [0.1, 0.15) is 0 Å². The largest absolute Gasteiger partial charge is 0.461 e. The Balaban J connectivity index is 3.32. The van der Waals surface area contributed by atoms with Crippen molar-refractivity contribution in [2.75, 3.05) is 6.54 Å². The van der Waals surface area contributed by atoms with Crippen LogP contribution in [0.25, 0.3) is 0 Å². The Morgan fingerprint density at radius 2 is 1.36 bits per heavy atom. The average molecular weight is 354 g/mol. The molecule has 0 aromatic heterocycles. The van der Waals surface area contributed by atoms with Crippen molar-refractivity contribution in [1.82, 2.24) is 5.32 Å². The maximum atomic E-state index is 11.4. The third-order valence-electron chi connectivity index (χ3n) is 3.97. The van der Waals surface area contributed by atoms with Gasteiger partial charge >= 0.3 is 6.09 Å². The first-order valence-electron chi connectivity index (χ1n) is 9.75. The van der Waals surface area contributed by atoms with E-state index in [4.69, 9.17) is 0 Å². The van der Waals surface area contributed by atoms with Crippen LogP contribution in [-0.2, 0) is 9.63 Å². The summed E-state index contributed by atoms with van der Waals surface area (Å²) in [7, 11) is 0. The van der Waals surface area contributed by atoms with Gasteiger partial charge in [-0.05, 0) is 44.6 Å². The minimum Gasteiger partial charge on any atom is -0.309 e. The van der Waals surface area contributed by atoms with E-state index in [1.54, 1.807) is 0 Å². The lowest BCUT2D eigenvalue weighted by Crippen LogP contribution is -2.54. The van der Waals surface area contributed by atoms with Crippen molar-refractivity contribution in [3.05, 3.63) is 24.3 Å². The normalized spacial score (nSPS) is 11.3. The topological polar surface area (TPSA) is 83.0 Å². The number of hydrogen-bond donors (Lipinski definition) is 2. The van der Waals surface area contributed by atoms with Crippen molar-refractivity contribution in [3.63, 3.8) is 0 Å². The van der Waals surface area contributed by atoms with Crippen molar-refractivity contribution >= 4 is 11.9 Å². The van der Waals surface area contributed by atoms with Crippen LogP contribution < -0.4 is 11.2 Å². The fourth-order valence-corrected chi connectivity index (χ4v) is 2.46. The molecule has 0 aromatic carbocycles. The number of quaternary nitrogens is 1. The molecule has 0 unspecified atom stereocenters. The SMILES string of the molecule is CCCCCC/C=C\CCCCCCC/C=C/C(=O)CNC(=O)O[NH3+]. The third kappa shape index (κ3) is 18.6. The lowest BCUT2D eigenvalue weighted by Gasteiger charge is -1.99. The molecule has 0 bridgehead atoms. The summed E-state index contributed by atoms with van der Waals surface area (Å²) >= 11 is 0. The van der Waals surface area contributed by atoms with Crippen LogP contribution in [0.3, 0.4) is 0 Å². The van der Waals surface area contributed by atoms with Crippen LogP contribution in [0.2, 0.25) is 0 Å². The van der Waals surface area contributed by atoms with Crippen LogP contribution in [0.15, 0.2) is 24.3 Å². The van der Waals surface area contributed by atoms with Crippen LogP contribution in [-0.4, -0.2) is 18.4 Å². The van der Waals surface area contributed by atoms with Crippen LogP contribution in [0.4, 0.5) is 4.79 Å². The Bertz CT molecular complexity index is 392. The number of rotatable bonds is 16. The summed E-state index contributed by atoms with van der Waals surface area (Å²) in [5, 5.41) is 2.30. The molecule has 0 spiro atoms. The van der Waals surface area contributed by atoms with Crippen molar-refractivity contribution < 1.29 is 20.3 Å². The summed E-state index contributed by atoms with van der Waals surface area (Å²) in [6, 6.07) is 0. The number of unbranched alkanes of at least 4 members (excludes halogenated alkanes) is 10. The first-order valence-corrected chi connectivity index (χ1v) is 9.75. The van der Waals surface area contributed by atoms with Gasteiger partial charge in [0.15, 0.2) is 5.78 Å². The first kappa shape index (κ1) is 23.4. The standard InChI is InChI=1S/C20H36N2O3/c1-2-3-4-5-6-7-8-9-10-11-12-13-14-15-16-17-19(23)18-22-20(24)25-21/h7-8,16-17H,2-6,9-15,18H2,1,21H3/p+1/b8-7-,17-16+. The van der Waals surface area contributed by atoms with Gasteiger partial charge in [0, 0.05) is 0 Å². The number of carbonyl (C=O) groups is 2. The molecule has 0 fully saturated rings. The second-order valence-electron chi connectivity index (χ2n) is 6.32. The fraction of sp³-hybridized carbons (Fsp3) is 0.700. The van der Waals surface area contributed by atoms with E-state index in [1.807, 2.05) is 6.08 Å². The van der Waals surface area contributed by atoms with E-state index in [0.717, 1.165) is 12.8 Å². The Morgan fingerprint density at radius 1 is 0.840 bits per heavy atom. The van der Waals surface area contributed by atoms with Crippen molar-refractivity contribution in [3.8, 4) is 0 Å². The molecule has 1 amide bonds. The molecule has 0 rings (SSSR count).